The zero-order valence-electron chi connectivity index (χ0n) is 14.1. The summed E-state index contributed by atoms with van der Waals surface area (Å²) in [6, 6.07) is 5.63. The number of anilines is 1. The second-order valence-corrected chi connectivity index (χ2v) is 8.29. The molecule has 27 heavy (non-hydrogen) atoms. The predicted molar refractivity (Wildman–Crippen MR) is 105 cm³/mol. The number of imide groups is 1. The largest absolute Gasteiger partial charge is 0.462 e. The van der Waals surface area contributed by atoms with Gasteiger partial charge in [-0.15, -0.1) is 22.7 Å². The average molecular weight is 420 g/mol. The fourth-order valence-corrected chi connectivity index (χ4v) is 4.90. The molecule has 3 rings (SSSR count). The van der Waals surface area contributed by atoms with Gasteiger partial charge in [0.1, 0.15) is 15.9 Å². The molecule has 3 heterocycles. The van der Waals surface area contributed by atoms with Crippen molar-refractivity contribution >= 4 is 62.6 Å². The van der Waals surface area contributed by atoms with E-state index in [-0.39, 0.29) is 34.2 Å². The Hall–Kier alpha value is -2.61. The van der Waals surface area contributed by atoms with Crippen LogP contribution in [0.4, 0.5) is 9.80 Å². The lowest BCUT2D eigenvalue weighted by molar-refractivity contribution is -0.123. The molecule has 7 nitrogen and oxygen atoms in total. The molecule has 138 valence electrons. The topological polar surface area (TPSA) is 113 Å². The number of thiophene rings is 2. The zero-order chi connectivity index (χ0) is 19.6. The molecule has 0 unspecified atom stereocenters. The number of nitrogen functional groups attached to an aromatic ring is 1. The number of carbonyl (C=O) groups excluding carboxylic acids is 3. The van der Waals surface area contributed by atoms with Gasteiger partial charge in [-0.2, -0.15) is 5.26 Å². The molecule has 1 fully saturated rings. The molecule has 0 aliphatic carbocycles. The number of hydrogen-bond acceptors (Lipinski definition) is 9. The minimum atomic E-state index is -0.633. The predicted octanol–water partition coefficient (Wildman–Crippen LogP) is 3.68. The van der Waals surface area contributed by atoms with E-state index >= 15 is 0 Å². The number of ether oxygens (including phenoxy) is 1. The maximum absolute atomic E-state index is 12.7. The summed E-state index contributed by atoms with van der Waals surface area (Å²) in [5, 5.41) is 10.9. The van der Waals surface area contributed by atoms with Gasteiger partial charge in [-0.3, -0.25) is 14.5 Å². The highest BCUT2D eigenvalue weighted by atomic mass is 32.2. The Morgan fingerprint density at radius 2 is 2.22 bits per heavy atom. The Bertz CT molecular complexity index is 986. The van der Waals surface area contributed by atoms with Crippen LogP contribution in [0.25, 0.3) is 6.08 Å². The second kappa shape index (κ2) is 7.96. The lowest BCUT2D eigenvalue weighted by atomic mass is 10.1. The van der Waals surface area contributed by atoms with Crippen molar-refractivity contribution in [3.05, 3.63) is 43.3 Å². The third-order valence-electron chi connectivity index (χ3n) is 3.61. The van der Waals surface area contributed by atoms with Gasteiger partial charge in [0.15, 0.2) is 0 Å². The number of carbonyl (C=O) groups is 3. The molecular weight excluding hydrogens is 406 g/mol. The summed E-state index contributed by atoms with van der Waals surface area (Å²) >= 11 is 3.19. The van der Waals surface area contributed by atoms with Gasteiger partial charge in [-0.05, 0) is 36.2 Å². The summed E-state index contributed by atoms with van der Waals surface area (Å²) in [7, 11) is 0. The maximum Gasteiger partial charge on any atom is 0.348 e. The van der Waals surface area contributed by atoms with Crippen LogP contribution in [-0.2, 0) is 16.1 Å². The van der Waals surface area contributed by atoms with E-state index in [1.165, 1.54) is 11.3 Å². The van der Waals surface area contributed by atoms with Gasteiger partial charge in [0.05, 0.1) is 23.6 Å². The van der Waals surface area contributed by atoms with Crippen LogP contribution in [0.5, 0.6) is 0 Å². The van der Waals surface area contributed by atoms with Gasteiger partial charge in [0.2, 0.25) is 0 Å². The molecule has 1 aliphatic heterocycles. The smallest absolute Gasteiger partial charge is 0.348 e. The van der Waals surface area contributed by atoms with E-state index in [2.05, 4.69) is 0 Å². The first-order chi connectivity index (χ1) is 13.0. The van der Waals surface area contributed by atoms with Crippen LogP contribution in [0.2, 0.25) is 0 Å². The Kier molecular flexibility index (Phi) is 5.65. The van der Waals surface area contributed by atoms with Gasteiger partial charge < -0.3 is 10.5 Å². The number of esters is 1. The molecule has 0 saturated carbocycles. The minimum absolute atomic E-state index is 0.0874. The number of nitriles is 1. The lowest BCUT2D eigenvalue weighted by Gasteiger charge is -2.13. The van der Waals surface area contributed by atoms with Crippen LogP contribution in [0.1, 0.15) is 32.6 Å². The molecule has 0 radical (unpaired) electrons. The van der Waals surface area contributed by atoms with E-state index in [1.54, 1.807) is 13.0 Å². The second-order valence-electron chi connectivity index (χ2n) is 5.26. The molecule has 2 aromatic rings. The number of rotatable bonds is 5. The lowest BCUT2D eigenvalue weighted by Crippen LogP contribution is -2.28. The summed E-state index contributed by atoms with van der Waals surface area (Å²) < 4.78 is 4.99. The molecular formula is C17H13N3O4S3. The van der Waals surface area contributed by atoms with Crippen LogP contribution >= 0.6 is 34.4 Å². The quantitative estimate of drug-likeness (QED) is 0.581. The Morgan fingerprint density at radius 1 is 1.44 bits per heavy atom. The normalized spacial score (nSPS) is 15.4. The van der Waals surface area contributed by atoms with Crippen molar-refractivity contribution in [2.24, 2.45) is 0 Å². The first kappa shape index (κ1) is 19.2. The van der Waals surface area contributed by atoms with Gasteiger partial charge in [-0.25, -0.2) is 4.79 Å². The van der Waals surface area contributed by atoms with Crippen molar-refractivity contribution in [2.45, 2.75) is 13.5 Å². The van der Waals surface area contributed by atoms with Crippen molar-refractivity contribution in [3.8, 4) is 6.07 Å². The number of amides is 2. The van der Waals surface area contributed by atoms with E-state index in [0.717, 1.165) is 32.9 Å². The minimum Gasteiger partial charge on any atom is -0.462 e. The fourth-order valence-electron chi connectivity index (χ4n) is 2.42. The Morgan fingerprint density at radius 3 is 2.85 bits per heavy atom. The SMILES string of the molecule is CCOC(=O)c1sc(N)c(C#N)c1CN1C(=O)S/C(=C\c2cccs2)C1=O. The van der Waals surface area contributed by atoms with Crippen molar-refractivity contribution in [2.75, 3.05) is 12.3 Å². The van der Waals surface area contributed by atoms with Crippen LogP contribution in [0.15, 0.2) is 22.4 Å². The molecule has 0 atom stereocenters. The van der Waals surface area contributed by atoms with E-state index in [0.29, 0.717) is 4.91 Å². The van der Waals surface area contributed by atoms with Gasteiger partial charge in [0.25, 0.3) is 11.1 Å². The Balaban J connectivity index is 1.93. The molecule has 1 saturated heterocycles. The summed E-state index contributed by atoms with van der Waals surface area (Å²) in [5.74, 6) is -1.10. The third kappa shape index (κ3) is 3.75. The molecule has 2 N–H and O–H groups in total. The summed E-state index contributed by atoms with van der Waals surface area (Å²) in [6.07, 6.45) is 1.65. The van der Waals surface area contributed by atoms with Gasteiger partial charge in [-0.1, -0.05) is 6.07 Å². The highest BCUT2D eigenvalue weighted by molar-refractivity contribution is 8.18. The number of nitrogens with zero attached hydrogens (tertiary/aromatic N) is 2. The highest BCUT2D eigenvalue weighted by Gasteiger charge is 2.37. The van der Waals surface area contributed by atoms with Crippen molar-refractivity contribution in [3.63, 3.8) is 0 Å². The standard InChI is InChI=1S/C17H13N3O4S3/c1-2-24-16(22)13-11(10(7-18)14(19)27-13)8-20-15(21)12(26-17(20)23)6-9-4-3-5-25-9/h3-6H,2,8,19H2,1H3/b12-6-. The summed E-state index contributed by atoms with van der Waals surface area (Å²) in [5.41, 5.74) is 6.15. The third-order valence-corrected chi connectivity index (χ3v) is 6.38. The number of hydrogen-bond donors (Lipinski definition) is 1. The zero-order valence-corrected chi connectivity index (χ0v) is 16.5. The van der Waals surface area contributed by atoms with Gasteiger partial charge >= 0.3 is 5.97 Å². The van der Waals surface area contributed by atoms with Crippen molar-refractivity contribution in [1.29, 1.82) is 5.26 Å². The average Bonchev–Trinajstić information content (AvgIpc) is 3.31. The van der Waals surface area contributed by atoms with E-state index in [9.17, 15) is 19.6 Å². The first-order valence-corrected chi connectivity index (χ1v) is 10.2. The van der Waals surface area contributed by atoms with Gasteiger partial charge in [0, 0.05) is 10.4 Å². The van der Waals surface area contributed by atoms with Crippen LogP contribution in [0, 0.1) is 11.3 Å². The number of nitrogens with two attached hydrogens (primary N) is 1. The highest BCUT2D eigenvalue weighted by Crippen LogP contribution is 2.37. The van der Waals surface area contributed by atoms with Crippen LogP contribution in [0.3, 0.4) is 0 Å². The summed E-state index contributed by atoms with van der Waals surface area (Å²) in [4.78, 5) is 39.5. The molecule has 2 amide bonds. The van der Waals surface area contributed by atoms with Crippen LogP contribution in [-0.4, -0.2) is 28.6 Å². The molecule has 0 bridgehead atoms. The molecule has 10 heteroatoms. The molecule has 0 spiro atoms. The first-order valence-electron chi connectivity index (χ1n) is 7.73. The molecule has 0 aromatic carbocycles. The van der Waals surface area contributed by atoms with Crippen molar-refractivity contribution < 1.29 is 19.1 Å². The fraction of sp³-hybridized carbons (Fsp3) is 0.176. The van der Waals surface area contributed by atoms with E-state index in [1.807, 2.05) is 23.6 Å². The monoisotopic (exact) mass is 419 g/mol. The summed E-state index contributed by atoms with van der Waals surface area (Å²) in [6.45, 7) is 1.60. The van der Waals surface area contributed by atoms with Crippen LogP contribution < -0.4 is 5.73 Å². The maximum atomic E-state index is 12.7. The number of thioether (sulfide) groups is 1. The van der Waals surface area contributed by atoms with E-state index in [4.69, 9.17) is 10.5 Å². The molecule has 2 aromatic heterocycles. The molecule has 1 aliphatic rings. The Labute approximate surface area is 167 Å². The van der Waals surface area contributed by atoms with E-state index < -0.39 is 17.1 Å². The van der Waals surface area contributed by atoms with Crippen molar-refractivity contribution in [1.82, 2.24) is 4.90 Å².